The number of nitrogens with zero attached hydrogens (tertiary/aromatic N) is 2. The van der Waals surface area contributed by atoms with E-state index in [4.69, 9.17) is 39.7 Å². The Labute approximate surface area is 248 Å². The Morgan fingerprint density at radius 3 is 1.07 bits per heavy atom. The SMILES string of the molecule is CC(=O)[O-].CC(=O)[O-].CC(=O)[O-].Cc1cccc(-c2cccc(-c3cccc(-c4cccc(C)c4O)n3)n2)c1O.[Mn+3]. The number of para-hydroxylation sites is 2. The number of aryl methyl sites for hydroxylation is 2. The standard InChI is InChI=1S/C24H20N2O2.3C2H4O2.Mn/c1-15-7-3-9-17(23(15)27)19-11-5-13-21(25-19)22-14-6-12-20(26-22)18-10-4-8-16(2)24(18)28;3*1-2(3)4;/h3-14,27-28H,1-2H3;3*1H3,(H,3,4);/q;;;;+3/p-3. The average Bonchev–Trinajstić information content (AvgIpc) is 2.86. The molecule has 0 aliphatic heterocycles. The molecule has 0 spiro atoms. The van der Waals surface area contributed by atoms with Gasteiger partial charge < -0.3 is 39.9 Å². The summed E-state index contributed by atoms with van der Waals surface area (Å²) in [6.45, 7) is 6.64. The summed E-state index contributed by atoms with van der Waals surface area (Å²) in [6.07, 6.45) is 0. The van der Waals surface area contributed by atoms with Crippen LogP contribution < -0.4 is 15.3 Å². The van der Waals surface area contributed by atoms with E-state index in [9.17, 15) is 10.2 Å². The Balaban J connectivity index is 0.00000105. The maximum atomic E-state index is 10.4. The fraction of sp³-hybridized carbons (Fsp3) is 0.167. The van der Waals surface area contributed by atoms with E-state index < -0.39 is 17.9 Å². The second-order valence-electron chi connectivity index (χ2n) is 8.23. The topological polar surface area (TPSA) is 187 Å². The maximum absolute atomic E-state index is 10.4. The normalized spacial score (nSPS) is 9.20. The number of phenolic OH excluding ortho intramolecular Hbond substituents is 2. The van der Waals surface area contributed by atoms with Gasteiger partial charge in [-0.3, -0.25) is 0 Å². The zero-order valence-electron chi connectivity index (χ0n) is 23.0. The molecule has 0 radical (unpaired) electrons. The molecule has 0 fully saturated rings. The van der Waals surface area contributed by atoms with Gasteiger partial charge in [0.2, 0.25) is 0 Å². The number of hydrogen-bond acceptors (Lipinski definition) is 10. The van der Waals surface area contributed by atoms with Gasteiger partial charge in [0.15, 0.2) is 0 Å². The molecular formula is C30H29MnN2O8. The Morgan fingerprint density at radius 1 is 0.537 bits per heavy atom. The van der Waals surface area contributed by atoms with Crippen LogP contribution >= 0.6 is 0 Å². The molecule has 4 aromatic rings. The maximum Gasteiger partial charge on any atom is 3.00 e. The van der Waals surface area contributed by atoms with Crippen molar-refractivity contribution in [2.24, 2.45) is 0 Å². The number of rotatable bonds is 3. The van der Waals surface area contributed by atoms with Crippen LogP contribution in [0.3, 0.4) is 0 Å². The van der Waals surface area contributed by atoms with Crippen molar-refractivity contribution >= 4 is 17.9 Å². The van der Waals surface area contributed by atoms with Crippen LogP contribution in [0.1, 0.15) is 31.9 Å². The molecule has 4 rings (SSSR count). The van der Waals surface area contributed by atoms with Gasteiger partial charge in [0, 0.05) is 29.0 Å². The molecule has 0 aliphatic carbocycles. The smallest absolute Gasteiger partial charge is 0.550 e. The van der Waals surface area contributed by atoms with E-state index in [1.165, 1.54) is 0 Å². The Kier molecular flexibility index (Phi) is 15.7. The van der Waals surface area contributed by atoms with E-state index in [0.717, 1.165) is 31.9 Å². The number of carboxylic acids is 3. The molecule has 0 bridgehead atoms. The number of carbonyl (C=O) groups excluding carboxylic acids is 3. The summed E-state index contributed by atoms with van der Waals surface area (Å²) in [7, 11) is 0. The first-order valence-corrected chi connectivity index (χ1v) is 11.8. The third-order valence-corrected chi connectivity index (χ3v) is 4.79. The van der Waals surface area contributed by atoms with E-state index in [2.05, 4.69) is 0 Å². The van der Waals surface area contributed by atoms with Gasteiger partial charge in [0.25, 0.3) is 0 Å². The van der Waals surface area contributed by atoms with Crippen LogP contribution in [0.25, 0.3) is 33.9 Å². The average molecular weight is 601 g/mol. The molecule has 41 heavy (non-hydrogen) atoms. The molecule has 10 nitrogen and oxygen atoms in total. The van der Waals surface area contributed by atoms with Crippen LogP contribution in [0.2, 0.25) is 0 Å². The van der Waals surface area contributed by atoms with Gasteiger partial charge in [-0.2, -0.15) is 0 Å². The number of phenols is 2. The summed E-state index contributed by atoms with van der Waals surface area (Å²) in [5, 5.41) is 47.4. The number of aromatic nitrogens is 2. The van der Waals surface area contributed by atoms with Crippen molar-refractivity contribution in [1.82, 2.24) is 9.97 Å². The zero-order valence-corrected chi connectivity index (χ0v) is 24.2. The minimum absolute atomic E-state index is 0. The van der Waals surface area contributed by atoms with Crippen LogP contribution in [0, 0.1) is 13.8 Å². The Morgan fingerprint density at radius 2 is 0.780 bits per heavy atom. The van der Waals surface area contributed by atoms with Gasteiger partial charge in [-0.15, -0.1) is 0 Å². The van der Waals surface area contributed by atoms with Crippen molar-refractivity contribution in [3.63, 3.8) is 0 Å². The second-order valence-corrected chi connectivity index (χ2v) is 8.23. The minimum atomic E-state index is -1.08. The molecule has 0 atom stereocenters. The molecule has 2 aromatic carbocycles. The molecule has 2 aromatic heterocycles. The summed E-state index contributed by atoms with van der Waals surface area (Å²) in [6, 6.07) is 22.5. The van der Waals surface area contributed by atoms with E-state index in [-0.39, 0.29) is 28.6 Å². The summed E-state index contributed by atoms with van der Waals surface area (Å²) in [5.74, 6) is -2.78. The predicted molar refractivity (Wildman–Crippen MR) is 143 cm³/mol. The number of benzene rings is 2. The molecule has 0 amide bonds. The van der Waals surface area contributed by atoms with Crippen LogP contribution in [0.5, 0.6) is 11.5 Å². The predicted octanol–water partition coefficient (Wildman–Crippen LogP) is 1.77. The fourth-order valence-electron chi connectivity index (χ4n) is 3.19. The van der Waals surface area contributed by atoms with Gasteiger partial charge in [-0.25, -0.2) is 9.97 Å². The molecular weight excluding hydrogens is 571 g/mol. The van der Waals surface area contributed by atoms with Crippen molar-refractivity contribution in [3.8, 4) is 45.4 Å². The van der Waals surface area contributed by atoms with Crippen molar-refractivity contribution in [2.75, 3.05) is 0 Å². The molecule has 0 aliphatic rings. The van der Waals surface area contributed by atoms with Gasteiger partial charge in [-0.05, 0) is 82.1 Å². The first-order chi connectivity index (χ1) is 18.7. The minimum Gasteiger partial charge on any atom is -0.550 e. The quantitative estimate of drug-likeness (QED) is 0.328. The monoisotopic (exact) mass is 600 g/mol. The van der Waals surface area contributed by atoms with Gasteiger partial charge in [-0.1, -0.05) is 36.4 Å². The first kappa shape index (κ1) is 36.3. The molecule has 214 valence electrons. The first-order valence-electron chi connectivity index (χ1n) is 11.8. The van der Waals surface area contributed by atoms with Crippen molar-refractivity contribution < 1.29 is 57.0 Å². The largest absolute Gasteiger partial charge is 3.00 e. The third-order valence-electron chi connectivity index (χ3n) is 4.79. The second kappa shape index (κ2) is 17.8. The van der Waals surface area contributed by atoms with Crippen LogP contribution in [-0.2, 0) is 31.5 Å². The van der Waals surface area contributed by atoms with Crippen LogP contribution in [-0.4, -0.2) is 38.1 Å². The van der Waals surface area contributed by atoms with Gasteiger partial charge >= 0.3 is 17.1 Å². The van der Waals surface area contributed by atoms with E-state index >= 15 is 0 Å². The Bertz CT molecular complexity index is 1340. The van der Waals surface area contributed by atoms with E-state index in [1.807, 2.05) is 86.6 Å². The molecule has 0 saturated heterocycles. The number of carbonyl (C=O) groups is 3. The fourth-order valence-corrected chi connectivity index (χ4v) is 3.19. The van der Waals surface area contributed by atoms with E-state index in [0.29, 0.717) is 33.9 Å². The molecule has 0 saturated carbocycles. The number of carboxylic acid groups (broad SMARTS) is 3. The van der Waals surface area contributed by atoms with Gasteiger partial charge in [0.05, 0.1) is 22.8 Å². The van der Waals surface area contributed by atoms with Crippen molar-refractivity contribution in [3.05, 3.63) is 83.9 Å². The van der Waals surface area contributed by atoms with Gasteiger partial charge in [0.1, 0.15) is 11.5 Å². The molecule has 2 N–H and O–H groups in total. The third kappa shape index (κ3) is 12.8. The zero-order chi connectivity index (χ0) is 30.4. The van der Waals surface area contributed by atoms with Crippen molar-refractivity contribution in [2.45, 2.75) is 34.6 Å². The molecule has 0 unspecified atom stereocenters. The molecule has 11 heteroatoms. The summed E-state index contributed by atoms with van der Waals surface area (Å²) in [5.41, 5.74) is 5.76. The van der Waals surface area contributed by atoms with Crippen LogP contribution in [0.15, 0.2) is 72.8 Å². The Hall–Kier alpha value is -4.73. The van der Waals surface area contributed by atoms with E-state index in [1.54, 1.807) is 0 Å². The number of hydrogen-bond donors (Lipinski definition) is 2. The summed E-state index contributed by atoms with van der Waals surface area (Å²) >= 11 is 0. The summed E-state index contributed by atoms with van der Waals surface area (Å²) < 4.78 is 0. The van der Waals surface area contributed by atoms with Crippen LogP contribution in [0.4, 0.5) is 0 Å². The number of aliphatic carboxylic acids is 3. The number of pyridine rings is 2. The summed E-state index contributed by atoms with van der Waals surface area (Å²) in [4.78, 5) is 36.1. The molecule has 2 heterocycles. The number of aromatic hydroxyl groups is 2. The van der Waals surface area contributed by atoms with Crippen molar-refractivity contribution in [1.29, 1.82) is 0 Å².